The Morgan fingerprint density at radius 2 is 1.75 bits per heavy atom. The second-order valence-corrected chi connectivity index (χ2v) is 8.78. The third kappa shape index (κ3) is 5.68. The number of hydrogen-bond acceptors (Lipinski definition) is 5. The van der Waals surface area contributed by atoms with E-state index in [1.54, 1.807) is 18.2 Å². The number of benzene rings is 3. The van der Waals surface area contributed by atoms with Crippen LogP contribution in [0.5, 0.6) is 0 Å². The molecule has 0 saturated heterocycles. The summed E-state index contributed by atoms with van der Waals surface area (Å²) in [6.45, 7) is 6.85. The van der Waals surface area contributed by atoms with Gasteiger partial charge in [0.05, 0.1) is 5.69 Å². The third-order valence-corrected chi connectivity index (χ3v) is 6.05. The smallest absolute Gasteiger partial charge is 0.270 e. The first-order chi connectivity index (χ1) is 17.2. The van der Waals surface area contributed by atoms with Gasteiger partial charge in [0, 0.05) is 42.5 Å². The van der Waals surface area contributed by atoms with Gasteiger partial charge in [-0.25, -0.2) is 13.8 Å². The molecule has 0 bridgehead atoms. The molecule has 0 aliphatic heterocycles. The molecular formula is C29H29F2N5. The van der Waals surface area contributed by atoms with E-state index < -0.39 is 5.92 Å². The lowest BCUT2D eigenvalue weighted by atomic mass is 9.98. The second kappa shape index (κ2) is 10.2. The lowest BCUT2D eigenvalue weighted by molar-refractivity contribution is 0.0175. The highest BCUT2D eigenvalue weighted by Gasteiger charge is 2.23. The van der Waals surface area contributed by atoms with E-state index in [2.05, 4.69) is 64.4 Å². The van der Waals surface area contributed by atoms with Crippen LogP contribution in [0.1, 0.15) is 34.7 Å². The van der Waals surface area contributed by atoms with Crippen molar-refractivity contribution < 1.29 is 8.78 Å². The Morgan fingerprint density at radius 1 is 1.00 bits per heavy atom. The number of hydrogen-bond donors (Lipinski definition) is 3. The molecule has 4 aromatic rings. The van der Waals surface area contributed by atoms with Gasteiger partial charge in [0.1, 0.15) is 5.82 Å². The van der Waals surface area contributed by atoms with E-state index in [9.17, 15) is 8.78 Å². The summed E-state index contributed by atoms with van der Waals surface area (Å²) in [5, 5.41) is 6.46. The molecule has 0 fully saturated rings. The fourth-order valence-electron chi connectivity index (χ4n) is 4.07. The van der Waals surface area contributed by atoms with Gasteiger partial charge in [0.15, 0.2) is 0 Å². The Bertz CT molecular complexity index is 1390. The van der Waals surface area contributed by atoms with Crippen molar-refractivity contribution in [3.05, 3.63) is 101 Å². The minimum absolute atomic E-state index is 0.0547. The number of halogens is 2. The van der Waals surface area contributed by atoms with Crippen LogP contribution < -0.4 is 16.4 Å². The Balaban J connectivity index is 1.53. The van der Waals surface area contributed by atoms with E-state index in [4.69, 9.17) is 5.73 Å². The van der Waals surface area contributed by atoms with Crippen LogP contribution in [0.15, 0.2) is 73.3 Å². The number of aryl methyl sites for hydroxylation is 1. The average molecular weight is 486 g/mol. The third-order valence-electron chi connectivity index (χ3n) is 6.05. The van der Waals surface area contributed by atoms with Gasteiger partial charge in [0.25, 0.3) is 5.92 Å². The molecule has 36 heavy (non-hydrogen) atoms. The summed E-state index contributed by atoms with van der Waals surface area (Å²) in [4.78, 5) is 8.56. The van der Waals surface area contributed by atoms with E-state index in [0.29, 0.717) is 17.1 Å². The van der Waals surface area contributed by atoms with Crippen LogP contribution in [0.4, 0.5) is 31.9 Å². The van der Waals surface area contributed by atoms with Crippen molar-refractivity contribution in [2.24, 2.45) is 0 Å². The van der Waals surface area contributed by atoms with Gasteiger partial charge < -0.3 is 16.4 Å². The summed E-state index contributed by atoms with van der Waals surface area (Å²) in [5.74, 6) is -2.28. The number of aromatic nitrogens is 2. The zero-order valence-electron chi connectivity index (χ0n) is 20.6. The standard InChI is InChI=1S/C29H29F2N5/c1-5-20-15-19(6-13-25(20)33-4)16-22-9-12-24(14-18(22)2)34-27-17-26(35-28(32)36-27)21-7-10-23(11-8-21)29(3,30)31/h5-15,17,33H,1,16H2,2-4H3,(H3,32,34,35,36). The molecule has 1 aromatic heterocycles. The zero-order valence-corrected chi connectivity index (χ0v) is 20.6. The van der Waals surface area contributed by atoms with Crippen molar-refractivity contribution in [2.45, 2.75) is 26.2 Å². The predicted octanol–water partition coefficient (Wildman–Crippen LogP) is 7.17. The maximum atomic E-state index is 13.5. The Kier molecular flexibility index (Phi) is 7.01. The zero-order chi connectivity index (χ0) is 25.9. The van der Waals surface area contributed by atoms with Crippen LogP contribution in [0.25, 0.3) is 17.3 Å². The SMILES string of the molecule is C=Cc1cc(Cc2ccc(Nc3cc(-c4ccc(C(C)(F)F)cc4)nc(N)n3)cc2C)ccc1NC. The van der Waals surface area contributed by atoms with Gasteiger partial charge in [-0.05, 0) is 59.9 Å². The molecule has 4 rings (SSSR count). The molecule has 5 nitrogen and oxygen atoms in total. The molecule has 0 atom stereocenters. The van der Waals surface area contributed by atoms with Gasteiger partial charge in [-0.3, -0.25) is 0 Å². The van der Waals surface area contributed by atoms with Gasteiger partial charge in [-0.1, -0.05) is 49.1 Å². The van der Waals surface area contributed by atoms with Gasteiger partial charge >= 0.3 is 0 Å². The second-order valence-electron chi connectivity index (χ2n) is 8.78. The molecular weight excluding hydrogens is 456 g/mol. The number of nitrogens with one attached hydrogen (secondary N) is 2. The van der Waals surface area contributed by atoms with Crippen LogP contribution in [0.3, 0.4) is 0 Å². The average Bonchev–Trinajstić information content (AvgIpc) is 2.85. The number of nitrogens with zero attached hydrogens (tertiary/aromatic N) is 2. The largest absolute Gasteiger partial charge is 0.388 e. The maximum absolute atomic E-state index is 13.5. The fraction of sp³-hybridized carbons (Fsp3) is 0.172. The Labute approximate surface area is 210 Å². The summed E-state index contributed by atoms with van der Waals surface area (Å²) in [5.41, 5.74) is 13.6. The summed E-state index contributed by atoms with van der Waals surface area (Å²) in [6.07, 6.45) is 2.65. The minimum Gasteiger partial charge on any atom is -0.388 e. The number of nitrogen functional groups attached to an aromatic ring is 1. The molecule has 0 saturated carbocycles. The highest BCUT2D eigenvalue weighted by molar-refractivity contribution is 5.68. The van der Waals surface area contributed by atoms with E-state index in [0.717, 1.165) is 35.8 Å². The highest BCUT2D eigenvalue weighted by Crippen LogP contribution is 2.30. The normalized spacial score (nSPS) is 11.2. The topological polar surface area (TPSA) is 75.9 Å². The first-order valence-electron chi connectivity index (χ1n) is 11.6. The van der Waals surface area contributed by atoms with E-state index in [-0.39, 0.29) is 11.5 Å². The molecule has 0 amide bonds. The van der Waals surface area contributed by atoms with Crippen molar-refractivity contribution in [3.63, 3.8) is 0 Å². The number of alkyl halides is 2. The lowest BCUT2D eigenvalue weighted by Crippen LogP contribution is -2.06. The molecule has 4 N–H and O–H groups in total. The number of rotatable bonds is 8. The quantitative estimate of drug-likeness (QED) is 0.247. The molecule has 7 heteroatoms. The van der Waals surface area contributed by atoms with E-state index in [1.807, 2.05) is 19.2 Å². The summed E-state index contributed by atoms with van der Waals surface area (Å²) < 4.78 is 27.1. The lowest BCUT2D eigenvalue weighted by Gasteiger charge is -2.13. The minimum atomic E-state index is -2.90. The van der Waals surface area contributed by atoms with Crippen molar-refractivity contribution in [3.8, 4) is 11.3 Å². The first-order valence-corrected chi connectivity index (χ1v) is 11.6. The Morgan fingerprint density at radius 3 is 2.39 bits per heavy atom. The molecule has 0 unspecified atom stereocenters. The van der Waals surface area contributed by atoms with E-state index in [1.165, 1.54) is 23.3 Å². The maximum Gasteiger partial charge on any atom is 0.270 e. The Hall–Kier alpha value is -4.26. The molecule has 0 spiro atoms. The van der Waals surface area contributed by atoms with Gasteiger partial charge in [-0.2, -0.15) is 4.98 Å². The van der Waals surface area contributed by atoms with Crippen molar-refractivity contribution in [2.75, 3.05) is 23.4 Å². The molecule has 0 aliphatic rings. The first kappa shape index (κ1) is 24.9. The van der Waals surface area contributed by atoms with Crippen molar-refractivity contribution in [1.29, 1.82) is 0 Å². The number of nitrogens with two attached hydrogens (primary N) is 1. The summed E-state index contributed by atoms with van der Waals surface area (Å²) in [7, 11) is 1.90. The molecule has 1 heterocycles. The summed E-state index contributed by atoms with van der Waals surface area (Å²) in [6, 6.07) is 20.2. The van der Waals surface area contributed by atoms with Crippen LogP contribution in [-0.2, 0) is 12.3 Å². The van der Waals surface area contributed by atoms with Crippen LogP contribution in [0, 0.1) is 6.92 Å². The van der Waals surface area contributed by atoms with Gasteiger partial charge in [-0.15, -0.1) is 0 Å². The van der Waals surface area contributed by atoms with Crippen LogP contribution >= 0.6 is 0 Å². The number of anilines is 4. The van der Waals surface area contributed by atoms with Crippen molar-refractivity contribution in [1.82, 2.24) is 9.97 Å². The van der Waals surface area contributed by atoms with Crippen LogP contribution in [0.2, 0.25) is 0 Å². The van der Waals surface area contributed by atoms with E-state index >= 15 is 0 Å². The molecule has 0 radical (unpaired) electrons. The molecule has 184 valence electrons. The monoisotopic (exact) mass is 485 g/mol. The molecule has 0 aliphatic carbocycles. The fourth-order valence-corrected chi connectivity index (χ4v) is 4.07. The molecule has 3 aromatic carbocycles. The van der Waals surface area contributed by atoms with Crippen molar-refractivity contribution >= 4 is 29.2 Å². The van der Waals surface area contributed by atoms with Crippen LogP contribution in [-0.4, -0.2) is 17.0 Å². The summed E-state index contributed by atoms with van der Waals surface area (Å²) >= 11 is 0. The highest BCUT2D eigenvalue weighted by atomic mass is 19.3. The van der Waals surface area contributed by atoms with Gasteiger partial charge in [0.2, 0.25) is 5.95 Å². The predicted molar refractivity (Wildman–Crippen MR) is 145 cm³/mol.